The van der Waals surface area contributed by atoms with Crippen LogP contribution in [0.15, 0.2) is 36.4 Å². The number of carbonyl (C=O) groups excluding carboxylic acids is 1. The van der Waals surface area contributed by atoms with Crippen molar-refractivity contribution in [2.45, 2.75) is 20.8 Å². The average Bonchev–Trinajstić information content (AvgIpc) is 2.44. The number of amides is 1. The summed E-state index contributed by atoms with van der Waals surface area (Å²) >= 11 is 0. The first-order valence-electron chi connectivity index (χ1n) is 6.72. The highest BCUT2D eigenvalue weighted by atomic mass is 19.1. The molecule has 2 rings (SSSR count). The van der Waals surface area contributed by atoms with E-state index in [1.165, 1.54) is 17.7 Å². The van der Waals surface area contributed by atoms with Crippen molar-refractivity contribution in [3.63, 3.8) is 0 Å². The molecule has 0 fully saturated rings. The van der Waals surface area contributed by atoms with E-state index in [-0.39, 0.29) is 12.3 Å². The fourth-order valence-corrected chi connectivity index (χ4v) is 1.98. The van der Waals surface area contributed by atoms with Gasteiger partial charge in [0.05, 0.1) is 5.69 Å². The third-order valence-electron chi connectivity index (χ3n) is 3.30. The molecule has 0 aliphatic rings. The molecule has 3 nitrogen and oxygen atoms in total. The van der Waals surface area contributed by atoms with Crippen LogP contribution in [0.4, 0.5) is 10.1 Å². The van der Waals surface area contributed by atoms with Crippen LogP contribution < -0.4 is 10.1 Å². The van der Waals surface area contributed by atoms with Crippen LogP contribution >= 0.6 is 0 Å². The van der Waals surface area contributed by atoms with E-state index in [4.69, 9.17) is 4.74 Å². The van der Waals surface area contributed by atoms with Gasteiger partial charge in [-0.05, 0) is 55.7 Å². The van der Waals surface area contributed by atoms with Crippen molar-refractivity contribution < 1.29 is 13.9 Å². The second kappa shape index (κ2) is 6.39. The number of anilines is 1. The first-order valence-corrected chi connectivity index (χ1v) is 6.72. The van der Waals surface area contributed by atoms with Gasteiger partial charge in [-0.1, -0.05) is 18.2 Å². The molecule has 1 N–H and O–H groups in total. The predicted molar refractivity (Wildman–Crippen MR) is 81.2 cm³/mol. The number of halogens is 1. The summed E-state index contributed by atoms with van der Waals surface area (Å²) in [4.78, 5) is 11.8. The third-order valence-corrected chi connectivity index (χ3v) is 3.30. The Bertz CT molecular complexity index is 668. The Morgan fingerprint density at radius 3 is 2.48 bits per heavy atom. The number of aryl methyl sites for hydroxylation is 3. The fourth-order valence-electron chi connectivity index (χ4n) is 1.98. The Hall–Kier alpha value is -2.36. The number of ether oxygens (including phenoxy) is 1. The van der Waals surface area contributed by atoms with Gasteiger partial charge in [0.2, 0.25) is 0 Å². The minimum atomic E-state index is -0.465. The molecule has 0 atom stereocenters. The standard InChI is InChI=1S/C17H18FNO2/c1-11-8-13(3)16(9-12(11)2)21-10-17(20)19-15-7-5-4-6-14(15)18/h4-9H,10H2,1-3H3,(H,19,20). The van der Waals surface area contributed by atoms with Crippen molar-refractivity contribution in [3.8, 4) is 5.75 Å². The zero-order valence-corrected chi connectivity index (χ0v) is 12.4. The SMILES string of the molecule is Cc1cc(C)c(OCC(=O)Nc2ccccc2F)cc1C. The van der Waals surface area contributed by atoms with Crippen molar-refractivity contribution in [1.82, 2.24) is 0 Å². The second-order valence-corrected chi connectivity index (χ2v) is 5.02. The highest BCUT2D eigenvalue weighted by Gasteiger charge is 2.09. The Kier molecular flexibility index (Phi) is 4.58. The molecular weight excluding hydrogens is 269 g/mol. The van der Waals surface area contributed by atoms with Gasteiger partial charge in [-0.25, -0.2) is 4.39 Å². The van der Waals surface area contributed by atoms with Gasteiger partial charge in [0, 0.05) is 0 Å². The first kappa shape index (κ1) is 15.0. The van der Waals surface area contributed by atoms with Gasteiger partial charge >= 0.3 is 0 Å². The molecule has 21 heavy (non-hydrogen) atoms. The minimum Gasteiger partial charge on any atom is -0.483 e. The molecule has 0 heterocycles. The number of hydrogen-bond acceptors (Lipinski definition) is 2. The van der Waals surface area contributed by atoms with E-state index in [2.05, 4.69) is 5.32 Å². The van der Waals surface area contributed by atoms with Crippen molar-refractivity contribution in [1.29, 1.82) is 0 Å². The maximum Gasteiger partial charge on any atom is 0.262 e. The van der Waals surface area contributed by atoms with Crippen LogP contribution in [0.3, 0.4) is 0 Å². The maximum atomic E-state index is 13.4. The highest BCUT2D eigenvalue weighted by molar-refractivity contribution is 5.92. The molecule has 0 saturated heterocycles. The van der Waals surface area contributed by atoms with Gasteiger partial charge in [-0.2, -0.15) is 0 Å². The molecule has 0 saturated carbocycles. The number of carbonyl (C=O) groups is 1. The molecule has 0 unspecified atom stereocenters. The van der Waals surface area contributed by atoms with Crippen LogP contribution in [0.2, 0.25) is 0 Å². The summed E-state index contributed by atoms with van der Waals surface area (Å²) in [6, 6.07) is 9.95. The maximum absolute atomic E-state index is 13.4. The molecule has 2 aromatic rings. The van der Waals surface area contributed by atoms with E-state index in [0.717, 1.165) is 11.1 Å². The lowest BCUT2D eigenvalue weighted by Gasteiger charge is -2.12. The summed E-state index contributed by atoms with van der Waals surface area (Å²) in [6.07, 6.45) is 0. The quantitative estimate of drug-likeness (QED) is 0.929. The molecule has 0 spiro atoms. The van der Waals surface area contributed by atoms with E-state index in [9.17, 15) is 9.18 Å². The predicted octanol–water partition coefficient (Wildman–Crippen LogP) is 3.77. The Morgan fingerprint density at radius 2 is 1.76 bits per heavy atom. The molecule has 0 aromatic heterocycles. The Balaban J connectivity index is 1.99. The molecule has 4 heteroatoms. The first-order chi connectivity index (χ1) is 9.97. The average molecular weight is 287 g/mol. The van der Waals surface area contributed by atoms with Crippen molar-refractivity contribution in [2.24, 2.45) is 0 Å². The molecule has 1 amide bonds. The van der Waals surface area contributed by atoms with Crippen LogP contribution in [0.25, 0.3) is 0 Å². The summed E-state index contributed by atoms with van der Waals surface area (Å²) in [7, 11) is 0. The van der Waals surface area contributed by atoms with E-state index in [1.54, 1.807) is 12.1 Å². The van der Waals surface area contributed by atoms with Crippen molar-refractivity contribution >= 4 is 11.6 Å². The highest BCUT2D eigenvalue weighted by Crippen LogP contribution is 2.22. The summed E-state index contributed by atoms with van der Waals surface area (Å²) in [5.74, 6) is -0.187. The Labute approximate surface area is 123 Å². The van der Waals surface area contributed by atoms with E-state index >= 15 is 0 Å². The van der Waals surface area contributed by atoms with Crippen LogP contribution in [0, 0.1) is 26.6 Å². The molecule has 0 bridgehead atoms. The molecule has 0 aliphatic heterocycles. The third kappa shape index (κ3) is 3.81. The molecule has 0 aliphatic carbocycles. The van der Waals surface area contributed by atoms with Crippen molar-refractivity contribution in [2.75, 3.05) is 11.9 Å². The lowest BCUT2D eigenvalue weighted by atomic mass is 10.1. The van der Waals surface area contributed by atoms with Crippen LogP contribution in [0.1, 0.15) is 16.7 Å². The van der Waals surface area contributed by atoms with Gasteiger partial charge in [0.25, 0.3) is 5.91 Å². The number of rotatable bonds is 4. The van der Waals surface area contributed by atoms with Gasteiger partial charge in [0.15, 0.2) is 6.61 Å². The van der Waals surface area contributed by atoms with Crippen LogP contribution in [-0.4, -0.2) is 12.5 Å². The lowest BCUT2D eigenvalue weighted by molar-refractivity contribution is -0.118. The zero-order valence-electron chi connectivity index (χ0n) is 12.4. The van der Waals surface area contributed by atoms with Crippen LogP contribution in [-0.2, 0) is 4.79 Å². The fraction of sp³-hybridized carbons (Fsp3) is 0.235. The molecule has 0 radical (unpaired) electrons. The summed E-state index contributed by atoms with van der Waals surface area (Å²) < 4.78 is 18.9. The normalized spacial score (nSPS) is 10.3. The number of benzene rings is 2. The largest absolute Gasteiger partial charge is 0.483 e. The molecular formula is C17H18FNO2. The van der Waals surface area contributed by atoms with Gasteiger partial charge in [-0.3, -0.25) is 4.79 Å². The Morgan fingerprint density at radius 1 is 1.10 bits per heavy atom. The topological polar surface area (TPSA) is 38.3 Å². The van der Waals surface area contributed by atoms with Gasteiger partial charge in [-0.15, -0.1) is 0 Å². The molecule has 2 aromatic carbocycles. The van der Waals surface area contributed by atoms with E-state index in [1.807, 2.05) is 32.9 Å². The minimum absolute atomic E-state index is 0.155. The number of para-hydroxylation sites is 1. The van der Waals surface area contributed by atoms with Gasteiger partial charge in [0.1, 0.15) is 11.6 Å². The van der Waals surface area contributed by atoms with Crippen LogP contribution in [0.5, 0.6) is 5.75 Å². The summed E-state index contributed by atoms with van der Waals surface area (Å²) in [6.45, 7) is 5.78. The van der Waals surface area contributed by atoms with Crippen molar-refractivity contribution in [3.05, 3.63) is 58.9 Å². The lowest BCUT2D eigenvalue weighted by Crippen LogP contribution is -2.21. The summed E-state index contributed by atoms with van der Waals surface area (Å²) in [5, 5.41) is 2.49. The number of nitrogens with one attached hydrogen (secondary N) is 1. The monoisotopic (exact) mass is 287 g/mol. The second-order valence-electron chi connectivity index (χ2n) is 5.02. The van der Waals surface area contributed by atoms with E-state index in [0.29, 0.717) is 5.75 Å². The molecule has 110 valence electrons. The van der Waals surface area contributed by atoms with Gasteiger partial charge < -0.3 is 10.1 Å². The summed E-state index contributed by atoms with van der Waals surface area (Å²) in [5.41, 5.74) is 3.40. The smallest absolute Gasteiger partial charge is 0.262 e. The zero-order chi connectivity index (χ0) is 15.4. The van der Waals surface area contributed by atoms with E-state index < -0.39 is 11.7 Å². The number of hydrogen-bond donors (Lipinski definition) is 1.